The molecule has 0 fully saturated rings. The first-order valence-electron chi connectivity index (χ1n) is 3.52. The smallest absolute Gasteiger partial charge is 0.257 e. The zero-order valence-electron chi connectivity index (χ0n) is 7.12. The molecule has 1 aromatic rings. The number of rotatable bonds is 2. The maximum Gasteiger partial charge on any atom is 0.257 e. The second-order valence-electron chi connectivity index (χ2n) is 2.59. The molecule has 0 aliphatic heterocycles. The summed E-state index contributed by atoms with van der Waals surface area (Å²) in [5, 5.41) is 0.301. The molecule has 0 spiro atoms. The molecule has 0 aromatic carbocycles. The van der Waals surface area contributed by atoms with Crippen LogP contribution in [0.3, 0.4) is 0 Å². The van der Waals surface area contributed by atoms with Gasteiger partial charge in [-0.2, -0.15) is 0 Å². The number of carbonyl (C=O) groups excluding carboxylic acids is 1. The van der Waals surface area contributed by atoms with E-state index in [0.717, 1.165) is 0 Å². The van der Waals surface area contributed by atoms with Crippen LogP contribution in [0.1, 0.15) is 10.4 Å². The van der Waals surface area contributed by atoms with Crippen molar-refractivity contribution in [3.8, 4) is 0 Å². The van der Waals surface area contributed by atoms with E-state index in [1.54, 1.807) is 7.05 Å². The van der Waals surface area contributed by atoms with Crippen LogP contribution in [0.15, 0.2) is 12.3 Å². The Morgan fingerprint density at radius 3 is 2.85 bits per heavy atom. The summed E-state index contributed by atoms with van der Waals surface area (Å²) in [6.07, 6.45) is 1.34. The Balaban J connectivity index is 3.35. The average Bonchev–Trinajstić information content (AvgIpc) is 2.03. The molecule has 0 aliphatic rings. The number of hydrogen-bond donors (Lipinski definition) is 1. The molecule has 0 bridgehead atoms. The normalized spacial score (nSPS) is 9.69. The highest BCUT2D eigenvalue weighted by Gasteiger charge is 2.15. The summed E-state index contributed by atoms with van der Waals surface area (Å²) in [5.74, 6) is -0.547. The lowest BCUT2D eigenvalue weighted by molar-refractivity contribution is -0.395. The zero-order valence-corrected chi connectivity index (χ0v) is 7.88. The summed E-state index contributed by atoms with van der Waals surface area (Å²) in [7, 11) is 1.69. The van der Waals surface area contributed by atoms with Crippen molar-refractivity contribution in [1.82, 2.24) is 4.98 Å². The Hall–Kier alpha value is -1.42. The number of halogens is 1. The first-order chi connectivity index (χ1) is 6.02. The van der Waals surface area contributed by atoms with E-state index >= 15 is 0 Å². The molecular weight excluding hydrogens is 190 g/mol. The molecule has 0 saturated heterocycles. The molecule has 0 saturated carbocycles. The van der Waals surface area contributed by atoms with E-state index < -0.39 is 5.91 Å². The van der Waals surface area contributed by atoms with Crippen LogP contribution >= 0.6 is 11.6 Å². The lowest BCUT2D eigenvalue weighted by atomic mass is 10.2. The van der Waals surface area contributed by atoms with Gasteiger partial charge in [0.15, 0.2) is 0 Å². The van der Waals surface area contributed by atoms with Crippen LogP contribution in [-0.4, -0.2) is 29.2 Å². The summed E-state index contributed by atoms with van der Waals surface area (Å²) in [6.45, 7) is 3.63. The molecule has 4 nitrogen and oxygen atoms in total. The lowest BCUT2D eigenvalue weighted by Crippen LogP contribution is -2.14. The molecule has 68 valence electrons. The zero-order chi connectivity index (χ0) is 10.0. The van der Waals surface area contributed by atoms with Gasteiger partial charge in [0.2, 0.25) is 5.69 Å². The van der Waals surface area contributed by atoms with Crippen molar-refractivity contribution in [1.29, 1.82) is 0 Å². The lowest BCUT2D eigenvalue weighted by Gasteiger charge is -2.00. The molecule has 5 heteroatoms. The molecule has 1 amide bonds. The van der Waals surface area contributed by atoms with Gasteiger partial charge in [-0.05, 0) is 0 Å². The summed E-state index contributed by atoms with van der Waals surface area (Å²) >= 11 is 5.65. The number of hydrogen-bond acceptors (Lipinski definition) is 2. The van der Waals surface area contributed by atoms with Gasteiger partial charge in [0.1, 0.15) is 24.5 Å². The first kappa shape index (κ1) is 9.67. The van der Waals surface area contributed by atoms with Crippen LogP contribution in [-0.2, 0) is 0 Å². The number of amides is 1. The van der Waals surface area contributed by atoms with Gasteiger partial charge < -0.3 is 5.73 Å². The Morgan fingerprint density at radius 2 is 2.38 bits per heavy atom. The van der Waals surface area contributed by atoms with Crippen molar-refractivity contribution >= 4 is 29.9 Å². The molecule has 0 radical (unpaired) electrons. The van der Waals surface area contributed by atoms with Gasteiger partial charge in [-0.15, -0.1) is 0 Å². The molecule has 0 atom stereocenters. The van der Waals surface area contributed by atoms with Crippen molar-refractivity contribution in [3.63, 3.8) is 0 Å². The predicted octanol–water partition coefficient (Wildman–Crippen LogP) is 0.808. The average molecular weight is 199 g/mol. The van der Waals surface area contributed by atoms with E-state index in [2.05, 4.69) is 11.7 Å². The Kier molecular flexibility index (Phi) is 2.63. The van der Waals surface area contributed by atoms with Crippen molar-refractivity contribution in [2.75, 3.05) is 7.05 Å². The second-order valence-corrected chi connectivity index (χ2v) is 2.97. The molecule has 1 rings (SSSR count). The fraction of sp³-hybridized carbons (Fsp3) is 0.125. The molecule has 1 aromatic heterocycles. The van der Waals surface area contributed by atoms with Crippen LogP contribution in [0.5, 0.6) is 0 Å². The summed E-state index contributed by atoms with van der Waals surface area (Å²) in [4.78, 5) is 14.7. The third-order valence-electron chi connectivity index (χ3n) is 1.53. The Morgan fingerprint density at radius 1 is 1.77 bits per heavy atom. The van der Waals surface area contributed by atoms with Gasteiger partial charge in [0.05, 0.1) is 0 Å². The van der Waals surface area contributed by atoms with E-state index in [0.29, 0.717) is 16.4 Å². The minimum Gasteiger partial charge on any atom is -0.365 e. The van der Waals surface area contributed by atoms with E-state index in [9.17, 15) is 4.79 Å². The van der Waals surface area contributed by atoms with Crippen LogP contribution in [0.2, 0.25) is 5.15 Å². The first-order valence-corrected chi connectivity index (χ1v) is 3.89. The quantitative estimate of drug-likeness (QED) is 0.434. The second kappa shape index (κ2) is 3.53. The SMILES string of the molecule is C=[N+](C)c1cc(Cl)ncc1C(N)=O. The fourth-order valence-corrected chi connectivity index (χ4v) is 1.08. The maximum atomic E-state index is 10.9. The third-order valence-corrected chi connectivity index (χ3v) is 1.73. The topological polar surface area (TPSA) is 59.0 Å². The highest BCUT2D eigenvalue weighted by molar-refractivity contribution is 6.29. The van der Waals surface area contributed by atoms with Crippen LogP contribution in [0, 0.1) is 0 Å². The number of aromatic nitrogens is 1. The van der Waals surface area contributed by atoms with E-state index in [1.165, 1.54) is 16.8 Å². The molecule has 0 unspecified atom stereocenters. The van der Waals surface area contributed by atoms with E-state index in [4.69, 9.17) is 17.3 Å². The Labute approximate surface area is 80.7 Å². The number of carbonyl (C=O) groups is 1. The highest BCUT2D eigenvalue weighted by atomic mass is 35.5. The molecular formula is C8H9ClN3O+. The highest BCUT2D eigenvalue weighted by Crippen LogP contribution is 2.19. The van der Waals surface area contributed by atoms with Crippen molar-refractivity contribution in [2.45, 2.75) is 0 Å². The summed E-state index contributed by atoms with van der Waals surface area (Å²) < 4.78 is 1.51. The number of nitrogens with zero attached hydrogens (tertiary/aromatic N) is 2. The van der Waals surface area contributed by atoms with E-state index in [1.807, 2.05) is 0 Å². The minimum absolute atomic E-state index is 0.301. The molecule has 13 heavy (non-hydrogen) atoms. The summed E-state index contributed by atoms with van der Waals surface area (Å²) in [5.41, 5.74) is 6.00. The minimum atomic E-state index is -0.547. The van der Waals surface area contributed by atoms with E-state index in [-0.39, 0.29) is 0 Å². The van der Waals surface area contributed by atoms with Gasteiger partial charge in [-0.25, -0.2) is 9.56 Å². The predicted molar refractivity (Wildman–Crippen MR) is 50.7 cm³/mol. The molecule has 2 N–H and O–H groups in total. The fourth-order valence-electron chi connectivity index (χ4n) is 0.926. The van der Waals surface area contributed by atoms with Crippen LogP contribution in [0.4, 0.5) is 5.69 Å². The van der Waals surface area contributed by atoms with Gasteiger partial charge in [-0.3, -0.25) is 4.79 Å². The molecule has 1 heterocycles. The van der Waals surface area contributed by atoms with Gasteiger partial charge in [-0.1, -0.05) is 11.6 Å². The standard InChI is InChI=1S/C8H8ClN3O/c1-12(2)6-3-7(9)11-4-5(6)8(10)13/h3-4H,1H2,2H3,(H-,10,13)/p+1. The molecule has 0 aliphatic carbocycles. The van der Waals surface area contributed by atoms with Crippen LogP contribution in [0.25, 0.3) is 0 Å². The number of primary amides is 1. The maximum absolute atomic E-state index is 10.9. The van der Waals surface area contributed by atoms with Gasteiger partial charge in [0.25, 0.3) is 5.91 Å². The summed E-state index contributed by atoms with van der Waals surface area (Å²) in [6, 6.07) is 1.54. The van der Waals surface area contributed by atoms with Crippen LogP contribution < -0.4 is 5.73 Å². The Bertz CT molecular complexity index is 376. The van der Waals surface area contributed by atoms with Crippen molar-refractivity contribution in [2.24, 2.45) is 5.73 Å². The monoisotopic (exact) mass is 198 g/mol. The third kappa shape index (κ3) is 2.03. The van der Waals surface area contributed by atoms with Crippen molar-refractivity contribution < 1.29 is 9.37 Å². The van der Waals surface area contributed by atoms with Crippen molar-refractivity contribution in [3.05, 3.63) is 23.0 Å². The van der Waals surface area contributed by atoms with Gasteiger partial charge in [0, 0.05) is 12.3 Å². The number of pyridine rings is 1. The van der Waals surface area contributed by atoms with Gasteiger partial charge >= 0.3 is 0 Å². The largest absolute Gasteiger partial charge is 0.365 e. The number of nitrogens with two attached hydrogens (primary N) is 1.